The minimum atomic E-state index is -4.74. The van der Waals surface area contributed by atoms with Crippen molar-refractivity contribution in [2.45, 2.75) is 25.1 Å². The Hall–Kier alpha value is -1.90. The van der Waals surface area contributed by atoms with Gasteiger partial charge in [-0.3, -0.25) is 0 Å². The van der Waals surface area contributed by atoms with Gasteiger partial charge in [0.15, 0.2) is 11.9 Å². The first kappa shape index (κ1) is 12.6. The van der Waals surface area contributed by atoms with Gasteiger partial charge in [0.2, 0.25) is 11.7 Å². The van der Waals surface area contributed by atoms with Crippen molar-refractivity contribution in [3.8, 4) is 11.6 Å². The number of imidazole rings is 1. The summed E-state index contributed by atoms with van der Waals surface area (Å²) in [6.07, 6.45) is -4.33. The van der Waals surface area contributed by atoms with E-state index in [0.29, 0.717) is 0 Å². The zero-order chi connectivity index (χ0) is 13.3. The van der Waals surface area contributed by atoms with E-state index in [4.69, 9.17) is 5.11 Å². The van der Waals surface area contributed by atoms with Crippen LogP contribution in [0.15, 0.2) is 16.9 Å². The van der Waals surface area contributed by atoms with Crippen molar-refractivity contribution in [3.63, 3.8) is 0 Å². The van der Waals surface area contributed by atoms with E-state index in [1.54, 1.807) is 0 Å². The van der Waals surface area contributed by atoms with Crippen LogP contribution in [0.3, 0.4) is 0 Å². The molecule has 2 unspecified atom stereocenters. The highest BCUT2D eigenvalue weighted by atomic mass is 19.4. The lowest BCUT2D eigenvalue weighted by Gasteiger charge is -2.17. The molecule has 0 radical (unpaired) electrons. The summed E-state index contributed by atoms with van der Waals surface area (Å²) in [4.78, 5) is 10.3. The normalized spacial score (nSPS) is 15.6. The van der Waals surface area contributed by atoms with Crippen LogP contribution in [-0.4, -0.2) is 37.5 Å². The number of aliphatic hydroxyl groups is 1. The lowest BCUT2D eigenvalue weighted by molar-refractivity contribution is -0.210. The van der Waals surface area contributed by atoms with E-state index in [0.717, 1.165) is 6.92 Å². The lowest BCUT2D eigenvalue weighted by atomic mass is 10.1. The zero-order valence-electron chi connectivity index (χ0n) is 9.14. The number of aliphatic hydroxyl groups excluding tert-OH is 1. The summed E-state index contributed by atoms with van der Waals surface area (Å²) in [5, 5.41) is 12.6. The molecule has 2 N–H and O–H groups in total. The van der Waals surface area contributed by atoms with E-state index in [9.17, 15) is 13.2 Å². The fourth-order valence-corrected chi connectivity index (χ4v) is 1.32. The maximum absolute atomic E-state index is 12.3. The molecule has 2 aromatic heterocycles. The number of aromatic amines is 1. The van der Waals surface area contributed by atoms with Gasteiger partial charge in [-0.2, -0.15) is 18.2 Å². The summed E-state index contributed by atoms with van der Waals surface area (Å²) in [7, 11) is 0. The summed E-state index contributed by atoms with van der Waals surface area (Å²) < 4.78 is 41.6. The Morgan fingerprint density at radius 2 is 2.17 bits per heavy atom. The van der Waals surface area contributed by atoms with E-state index in [-0.39, 0.29) is 17.5 Å². The molecule has 0 aliphatic rings. The van der Waals surface area contributed by atoms with E-state index >= 15 is 0 Å². The second-order valence-electron chi connectivity index (χ2n) is 3.67. The minimum Gasteiger partial charge on any atom is -0.383 e. The van der Waals surface area contributed by atoms with Crippen LogP contribution in [0, 0.1) is 0 Å². The largest absolute Gasteiger partial charge is 0.415 e. The SMILES string of the molecule is CC(c1nc(-c2ncc[nH]2)no1)C(O)C(F)(F)F. The fourth-order valence-electron chi connectivity index (χ4n) is 1.32. The number of alkyl halides is 3. The van der Waals surface area contributed by atoms with Gasteiger partial charge in [0, 0.05) is 12.4 Å². The zero-order valence-corrected chi connectivity index (χ0v) is 9.14. The van der Waals surface area contributed by atoms with E-state index in [2.05, 4.69) is 24.6 Å². The molecule has 0 fully saturated rings. The molecular weight excluding hydrogens is 253 g/mol. The molecule has 0 saturated carbocycles. The van der Waals surface area contributed by atoms with E-state index in [1.165, 1.54) is 12.4 Å². The average molecular weight is 262 g/mol. The monoisotopic (exact) mass is 262 g/mol. The van der Waals surface area contributed by atoms with Gasteiger partial charge in [0.05, 0.1) is 5.92 Å². The molecule has 6 nitrogen and oxygen atoms in total. The maximum atomic E-state index is 12.3. The summed E-state index contributed by atoms with van der Waals surface area (Å²) in [5.41, 5.74) is 0. The van der Waals surface area contributed by atoms with Crippen LogP contribution in [0.2, 0.25) is 0 Å². The average Bonchev–Trinajstić information content (AvgIpc) is 2.95. The summed E-state index contributed by atoms with van der Waals surface area (Å²) in [5.74, 6) is -1.33. The predicted octanol–water partition coefficient (Wildman–Crippen LogP) is 1.49. The number of aromatic nitrogens is 4. The van der Waals surface area contributed by atoms with Gasteiger partial charge in [0.1, 0.15) is 0 Å². The number of rotatable bonds is 3. The molecule has 2 rings (SSSR count). The molecule has 0 saturated heterocycles. The van der Waals surface area contributed by atoms with Gasteiger partial charge in [-0.05, 0) is 0 Å². The lowest BCUT2D eigenvalue weighted by Crippen LogP contribution is -2.33. The van der Waals surface area contributed by atoms with Gasteiger partial charge < -0.3 is 14.6 Å². The van der Waals surface area contributed by atoms with Crippen LogP contribution in [-0.2, 0) is 0 Å². The van der Waals surface area contributed by atoms with E-state index < -0.39 is 18.2 Å². The molecule has 0 bridgehead atoms. The Kier molecular flexibility index (Phi) is 3.07. The molecular formula is C9H9F3N4O2. The first-order valence-electron chi connectivity index (χ1n) is 4.97. The van der Waals surface area contributed by atoms with Crippen molar-refractivity contribution < 1.29 is 22.8 Å². The third-order valence-corrected chi connectivity index (χ3v) is 2.35. The van der Waals surface area contributed by atoms with Crippen molar-refractivity contribution in [2.24, 2.45) is 0 Å². The van der Waals surface area contributed by atoms with Gasteiger partial charge in [-0.1, -0.05) is 12.1 Å². The Bertz CT molecular complexity index is 508. The first-order chi connectivity index (χ1) is 8.39. The van der Waals surface area contributed by atoms with E-state index in [1.807, 2.05) is 0 Å². The molecule has 0 spiro atoms. The molecule has 0 aromatic carbocycles. The number of H-pyrrole nitrogens is 1. The third kappa shape index (κ3) is 2.35. The number of hydrogen-bond acceptors (Lipinski definition) is 5. The molecule has 98 valence electrons. The third-order valence-electron chi connectivity index (χ3n) is 2.35. The van der Waals surface area contributed by atoms with Crippen molar-refractivity contribution in [3.05, 3.63) is 18.3 Å². The number of nitrogens with zero attached hydrogens (tertiary/aromatic N) is 3. The van der Waals surface area contributed by atoms with Gasteiger partial charge in [-0.15, -0.1) is 0 Å². The van der Waals surface area contributed by atoms with Gasteiger partial charge in [-0.25, -0.2) is 4.98 Å². The molecule has 0 aliphatic carbocycles. The molecule has 2 aromatic rings. The van der Waals surface area contributed by atoms with Crippen LogP contribution >= 0.6 is 0 Å². The Labute approximate surface area is 98.9 Å². The Balaban J connectivity index is 2.20. The topological polar surface area (TPSA) is 87.8 Å². The fraction of sp³-hybridized carbons (Fsp3) is 0.444. The highest BCUT2D eigenvalue weighted by Crippen LogP contribution is 2.31. The van der Waals surface area contributed by atoms with Crippen molar-refractivity contribution in [1.82, 2.24) is 20.1 Å². The summed E-state index contributed by atoms with van der Waals surface area (Å²) in [6.45, 7) is 1.15. The molecule has 0 aliphatic heterocycles. The van der Waals surface area contributed by atoms with Crippen LogP contribution in [0.1, 0.15) is 18.7 Å². The predicted molar refractivity (Wildman–Crippen MR) is 52.4 cm³/mol. The first-order valence-corrected chi connectivity index (χ1v) is 4.97. The van der Waals surface area contributed by atoms with Crippen LogP contribution in [0.25, 0.3) is 11.6 Å². The van der Waals surface area contributed by atoms with Crippen LogP contribution in [0.5, 0.6) is 0 Å². The Morgan fingerprint density at radius 1 is 1.44 bits per heavy atom. The van der Waals surface area contributed by atoms with Crippen LogP contribution < -0.4 is 0 Å². The maximum Gasteiger partial charge on any atom is 0.415 e. The van der Waals surface area contributed by atoms with Gasteiger partial charge >= 0.3 is 6.18 Å². The quantitative estimate of drug-likeness (QED) is 0.874. The summed E-state index contributed by atoms with van der Waals surface area (Å²) in [6, 6.07) is 0. The van der Waals surface area contributed by atoms with Crippen molar-refractivity contribution in [1.29, 1.82) is 0 Å². The van der Waals surface area contributed by atoms with Gasteiger partial charge in [0.25, 0.3) is 0 Å². The molecule has 18 heavy (non-hydrogen) atoms. The van der Waals surface area contributed by atoms with Crippen molar-refractivity contribution >= 4 is 0 Å². The van der Waals surface area contributed by atoms with Crippen molar-refractivity contribution in [2.75, 3.05) is 0 Å². The molecule has 9 heteroatoms. The summed E-state index contributed by atoms with van der Waals surface area (Å²) >= 11 is 0. The number of halogens is 3. The highest BCUT2D eigenvalue weighted by molar-refractivity contribution is 5.40. The Morgan fingerprint density at radius 3 is 2.72 bits per heavy atom. The molecule has 2 heterocycles. The minimum absolute atomic E-state index is 0.0382. The molecule has 0 amide bonds. The number of nitrogens with one attached hydrogen (secondary N) is 1. The van der Waals surface area contributed by atoms with Crippen LogP contribution in [0.4, 0.5) is 13.2 Å². The standard InChI is InChI=1S/C9H9F3N4O2/c1-4(5(17)9(10,11)12)8-15-7(16-18-8)6-13-2-3-14-6/h2-5,17H,1H3,(H,13,14). The second-order valence-corrected chi connectivity index (χ2v) is 3.67. The second kappa shape index (κ2) is 4.41. The molecule has 2 atom stereocenters. The number of hydrogen-bond donors (Lipinski definition) is 2. The highest BCUT2D eigenvalue weighted by Gasteiger charge is 2.44. The smallest absolute Gasteiger partial charge is 0.383 e.